The smallest absolute Gasteiger partial charge is 0.255 e. The summed E-state index contributed by atoms with van der Waals surface area (Å²) in [5, 5.41) is 3.28. The van der Waals surface area contributed by atoms with Crippen molar-refractivity contribution in [1.29, 1.82) is 0 Å². The van der Waals surface area contributed by atoms with Crippen molar-refractivity contribution >= 4 is 23.2 Å². The Kier molecular flexibility index (Phi) is 5.56. The lowest BCUT2D eigenvalue weighted by molar-refractivity contribution is -0.115. The Morgan fingerprint density at radius 1 is 1.12 bits per heavy atom. The number of unbranched alkanes of at least 4 members (excludes halogenated alkanes) is 1. The van der Waals surface area contributed by atoms with E-state index in [1.54, 1.807) is 4.90 Å². The molecule has 5 heteroatoms. The zero-order valence-electron chi connectivity index (χ0n) is 15.6. The SMILES string of the molecule is CCCCOc1ccc(N2C(=O)CN=C2Nc2cc(C)cc(C)c2)cc1. The maximum atomic E-state index is 12.3. The van der Waals surface area contributed by atoms with Crippen molar-refractivity contribution < 1.29 is 9.53 Å². The normalized spacial score (nSPS) is 13.7. The molecule has 3 rings (SSSR count). The predicted octanol–water partition coefficient (Wildman–Crippen LogP) is 4.30. The number of nitrogens with zero attached hydrogens (tertiary/aromatic N) is 2. The molecule has 1 amide bonds. The van der Waals surface area contributed by atoms with Crippen molar-refractivity contribution in [3.63, 3.8) is 0 Å². The van der Waals surface area contributed by atoms with Gasteiger partial charge in [0.1, 0.15) is 12.3 Å². The van der Waals surface area contributed by atoms with Crippen LogP contribution in [0.1, 0.15) is 30.9 Å². The number of hydrogen-bond donors (Lipinski definition) is 1. The summed E-state index contributed by atoms with van der Waals surface area (Å²) in [7, 11) is 0. The van der Waals surface area contributed by atoms with E-state index in [1.165, 1.54) is 0 Å². The Bertz CT molecular complexity index is 792. The monoisotopic (exact) mass is 351 g/mol. The zero-order chi connectivity index (χ0) is 18.5. The van der Waals surface area contributed by atoms with E-state index in [2.05, 4.69) is 37.1 Å². The number of benzene rings is 2. The van der Waals surface area contributed by atoms with Gasteiger partial charge >= 0.3 is 0 Å². The zero-order valence-corrected chi connectivity index (χ0v) is 15.6. The molecular weight excluding hydrogens is 326 g/mol. The summed E-state index contributed by atoms with van der Waals surface area (Å²) in [5.74, 6) is 1.32. The van der Waals surface area contributed by atoms with Gasteiger partial charge < -0.3 is 10.1 Å². The minimum atomic E-state index is -0.0449. The van der Waals surface area contributed by atoms with Gasteiger partial charge in [0, 0.05) is 5.69 Å². The van der Waals surface area contributed by atoms with Gasteiger partial charge in [-0.2, -0.15) is 0 Å². The van der Waals surface area contributed by atoms with Crippen LogP contribution in [0.25, 0.3) is 0 Å². The molecule has 1 heterocycles. The van der Waals surface area contributed by atoms with E-state index in [0.29, 0.717) is 12.6 Å². The van der Waals surface area contributed by atoms with E-state index < -0.39 is 0 Å². The van der Waals surface area contributed by atoms with Gasteiger partial charge in [-0.05, 0) is 67.8 Å². The van der Waals surface area contributed by atoms with Gasteiger partial charge in [-0.15, -0.1) is 0 Å². The van der Waals surface area contributed by atoms with Gasteiger partial charge in [0.2, 0.25) is 5.96 Å². The van der Waals surface area contributed by atoms with Crippen molar-refractivity contribution in [2.24, 2.45) is 4.99 Å². The van der Waals surface area contributed by atoms with Crippen LogP contribution in [-0.2, 0) is 4.79 Å². The Morgan fingerprint density at radius 3 is 2.46 bits per heavy atom. The fourth-order valence-electron chi connectivity index (χ4n) is 2.97. The summed E-state index contributed by atoms with van der Waals surface area (Å²) >= 11 is 0. The molecule has 0 aromatic heterocycles. The highest BCUT2D eigenvalue weighted by molar-refractivity contribution is 6.24. The number of carbonyl (C=O) groups is 1. The number of amides is 1. The molecule has 0 saturated carbocycles. The number of aryl methyl sites for hydroxylation is 2. The Balaban J connectivity index is 1.75. The minimum Gasteiger partial charge on any atom is -0.494 e. The quantitative estimate of drug-likeness (QED) is 0.790. The predicted molar refractivity (Wildman–Crippen MR) is 106 cm³/mol. The lowest BCUT2D eigenvalue weighted by Gasteiger charge is -2.20. The molecule has 0 unspecified atom stereocenters. The largest absolute Gasteiger partial charge is 0.494 e. The fourth-order valence-corrected chi connectivity index (χ4v) is 2.97. The van der Waals surface area contributed by atoms with Crippen LogP contribution in [0.3, 0.4) is 0 Å². The Hall–Kier alpha value is -2.82. The summed E-state index contributed by atoms with van der Waals surface area (Å²) < 4.78 is 5.69. The number of nitrogens with one attached hydrogen (secondary N) is 1. The summed E-state index contributed by atoms with van der Waals surface area (Å²) in [4.78, 5) is 18.3. The van der Waals surface area contributed by atoms with Gasteiger partial charge in [-0.25, -0.2) is 9.89 Å². The number of ether oxygens (including phenoxy) is 1. The first-order valence-corrected chi connectivity index (χ1v) is 9.02. The number of aliphatic imine (C=N–C) groups is 1. The van der Waals surface area contributed by atoms with Crippen LogP contribution in [0, 0.1) is 13.8 Å². The molecule has 0 radical (unpaired) electrons. The molecule has 0 saturated heterocycles. The molecule has 1 aliphatic rings. The average Bonchev–Trinajstić information content (AvgIpc) is 2.95. The Morgan fingerprint density at radius 2 is 1.81 bits per heavy atom. The first-order valence-electron chi connectivity index (χ1n) is 9.02. The molecular formula is C21H25N3O2. The minimum absolute atomic E-state index is 0.0449. The lowest BCUT2D eigenvalue weighted by Crippen LogP contribution is -2.36. The molecule has 2 aromatic carbocycles. The Labute approximate surface area is 154 Å². The van der Waals surface area contributed by atoms with Gasteiger partial charge in [0.25, 0.3) is 5.91 Å². The molecule has 26 heavy (non-hydrogen) atoms. The van der Waals surface area contributed by atoms with Crippen molar-refractivity contribution in [1.82, 2.24) is 0 Å². The lowest BCUT2D eigenvalue weighted by atomic mass is 10.1. The maximum absolute atomic E-state index is 12.3. The van der Waals surface area contributed by atoms with Crippen LogP contribution in [0.5, 0.6) is 5.75 Å². The second-order valence-electron chi connectivity index (χ2n) is 6.57. The van der Waals surface area contributed by atoms with E-state index in [0.717, 1.165) is 41.1 Å². The highest BCUT2D eigenvalue weighted by Gasteiger charge is 2.27. The first kappa shape index (κ1) is 18.0. The second-order valence-corrected chi connectivity index (χ2v) is 6.57. The average molecular weight is 351 g/mol. The van der Waals surface area contributed by atoms with E-state index in [4.69, 9.17) is 4.74 Å². The van der Waals surface area contributed by atoms with E-state index in [9.17, 15) is 4.79 Å². The third kappa shape index (κ3) is 4.23. The maximum Gasteiger partial charge on any atom is 0.255 e. The van der Waals surface area contributed by atoms with Crippen molar-refractivity contribution in [2.45, 2.75) is 33.6 Å². The van der Waals surface area contributed by atoms with Crippen LogP contribution in [0.2, 0.25) is 0 Å². The summed E-state index contributed by atoms with van der Waals surface area (Å²) in [5.41, 5.74) is 4.04. The number of carbonyl (C=O) groups excluding carboxylic acids is 1. The first-order chi connectivity index (χ1) is 12.6. The summed E-state index contributed by atoms with van der Waals surface area (Å²) in [6.45, 7) is 7.10. The van der Waals surface area contributed by atoms with Crippen LogP contribution >= 0.6 is 0 Å². The molecule has 0 fully saturated rings. The second kappa shape index (κ2) is 8.04. The number of hydrogen-bond acceptors (Lipinski definition) is 4. The topological polar surface area (TPSA) is 53.9 Å². The molecule has 136 valence electrons. The standard InChI is InChI=1S/C21H25N3O2/c1-4-5-10-26-19-8-6-18(7-9-19)24-20(25)14-22-21(24)23-17-12-15(2)11-16(3)13-17/h6-9,11-13H,4-5,10,14H2,1-3H3,(H,22,23). The third-order valence-electron chi connectivity index (χ3n) is 4.16. The molecule has 0 spiro atoms. The van der Waals surface area contributed by atoms with Crippen molar-refractivity contribution in [3.8, 4) is 5.75 Å². The van der Waals surface area contributed by atoms with Gasteiger partial charge in [0.05, 0.1) is 12.3 Å². The molecule has 2 aromatic rings. The van der Waals surface area contributed by atoms with Crippen LogP contribution in [0.4, 0.5) is 11.4 Å². The highest BCUT2D eigenvalue weighted by atomic mass is 16.5. The third-order valence-corrected chi connectivity index (χ3v) is 4.16. The van der Waals surface area contributed by atoms with E-state index >= 15 is 0 Å². The highest BCUT2D eigenvalue weighted by Crippen LogP contribution is 2.24. The van der Waals surface area contributed by atoms with Crippen LogP contribution < -0.4 is 15.0 Å². The fraction of sp³-hybridized carbons (Fsp3) is 0.333. The number of anilines is 2. The molecule has 0 aliphatic carbocycles. The summed E-state index contributed by atoms with van der Waals surface area (Å²) in [6, 6.07) is 13.8. The van der Waals surface area contributed by atoms with Crippen LogP contribution in [-0.4, -0.2) is 25.0 Å². The van der Waals surface area contributed by atoms with E-state index in [-0.39, 0.29) is 12.5 Å². The molecule has 1 N–H and O–H groups in total. The van der Waals surface area contributed by atoms with Crippen molar-refractivity contribution in [2.75, 3.05) is 23.4 Å². The van der Waals surface area contributed by atoms with Gasteiger partial charge in [0.15, 0.2) is 0 Å². The van der Waals surface area contributed by atoms with Gasteiger partial charge in [-0.1, -0.05) is 19.4 Å². The van der Waals surface area contributed by atoms with Crippen LogP contribution in [0.15, 0.2) is 47.5 Å². The number of rotatable bonds is 6. The summed E-state index contributed by atoms with van der Waals surface area (Å²) in [6.07, 6.45) is 2.13. The molecule has 0 bridgehead atoms. The molecule has 0 atom stereocenters. The van der Waals surface area contributed by atoms with E-state index in [1.807, 2.05) is 36.4 Å². The van der Waals surface area contributed by atoms with Crippen molar-refractivity contribution in [3.05, 3.63) is 53.6 Å². The number of guanidine groups is 1. The van der Waals surface area contributed by atoms with Gasteiger partial charge in [-0.3, -0.25) is 4.79 Å². The molecule has 5 nitrogen and oxygen atoms in total. The molecule has 1 aliphatic heterocycles.